The van der Waals surface area contributed by atoms with Crippen LogP contribution in [0.5, 0.6) is 0 Å². The number of fused-ring (bicyclic) bond motifs is 13. The van der Waals surface area contributed by atoms with Gasteiger partial charge in [-0.05, 0) is 255 Å². The van der Waals surface area contributed by atoms with Crippen LogP contribution >= 0.6 is 0 Å². The Hall–Kier alpha value is -4.55. The first-order valence-corrected chi connectivity index (χ1v) is 42.9. The van der Waals surface area contributed by atoms with Gasteiger partial charge < -0.3 is 34.1 Å². The molecule has 3 aromatic rings. The van der Waals surface area contributed by atoms with Gasteiger partial charge in [0.25, 0.3) is 0 Å². The third-order valence-corrected chi connectivity index (χ3v) is 29.2. The van der Waals surface area contributed by atoms with Crippen molar-refractivity contribution in [2.45, 2.75) is 346 Å². The Bertz CT molecular complexity index is 3410. The van der Waals surface area contributed by atoms with Crippen LogP contribution in [-0.2, 0) is 46.5 Å². The fourth-order valence-corrected chi connectivity index (χ4v) is 23.5. The van der Waals surface area contributed by atoms with E-state index in [-0.39, 0.29) is 40.9 Å². The maximum absolute atomic E-state index is 13.6. The number of esters is 3. The minimum absolute atomic E-state index is 0.00986. The summed E-state index contributed by atoms with van der Waals surface area (Å²) in [6, 6.07) is 7.95. The number of nitrogen functional groups attached to an aromatic ring is 1. The van der Waals surface area contributed by atoms with E-state index in [9.17, 15) is 14.4 Å². The van der Waals surface area contributed by atoms with E-state index in [1.54, 1.807) is 11.1 Å². The van der Waals surface area contributed by atoms with Crippen molar-refractivity contribution in [1.82, 2.24) is 19.4 Å². The fraction of sp³-hybridized carbons (Fsp3) is 0.791. The number of aromatic nitrogens is 3. The van der Waals surface area contributed by atoms with Crippen molar-refractivity contribution in [1.29, 1.82) is 0 Å². The smallest absolute Gasteiger partial charge is 0.306 e. The van der Waals surface area contributed by atoms with Crippen LogP contribution in [0.2, 0.25) is 0 Å². The molecule has 11 rings (SSSR count). The molecule has 2 heterocycles. The Balaban J connectivity index is 0.619. The van der Waals surface area contributed by atoms with Crippen LogP contribution in [-0.4, -0.2) is 81.4 Å². The third kappa shape index (κ3) is 18.6. The van der Waals surface area contributed by atoms with Gasteiger partial charge in [-0.2, -0.15) is 0 Å². The molecule has 15 unspecified atom stereocenters. The molecule has 2 aromatic heterocycles. The van der Waals surface area contributed by atoms with Gasteiger partial charge in [-0.25, -0.2) is 9.97 Å². The van der Waals surface area contributed by atoms with E-state index < -0.39 is 5.60 Å². The van der Waals surface area contributed by atoms with Gasteiger partial charge >= 0.3 is 17.9 Å². The zero-order chi connectivity index (χ0) is 73.3. The van der Waals surface area contributed by atoms with Gasteiger partial charge in [-0.15, -0.1) is 0 Å². The van der Waals surface area contributed by atoms with Crippen LogP contribution in [0.25, 0.3) is 21.9 Å². The van der Waals surface area contributed by atoms with Crippen LogP contribution < -0.4 is 5.73 Å². The number of hydrogen-bond acceptors (Lipinski definition) is 11. The number of para-hydroxylation sites is 1. The van der Waals surface area contributed by atoms with Gasteiger partial charge in [0, 0.05) is 44.1 Å². The zero-order valence-corrected chi connectivity index (χ0v) is 67.3. The van der Waals surface area contributed by atoms with Gasteiger partial charge in [0.2, 0.25) is 0 Å². The predicted molar refractivity (Wildman–Crippen MR) is 422 cm³/mol. The van der Waals surface area contributed by atoms with Crippen LogP contribution in [0.3, 0.4) is 0 Å². The number of nitrogens with two attached hydrogens (primary N) is 1. The van der Waals surface area contributed by atoms with Crippen LogP contribution in [0, 0.1) is 86.8 Å². The molecule has 12 nitrogen and oxygen atoms in total. The number of hydrogen-bond donors (Lipinski definition) is 1. The molecule has 2 N–H and O–H groups in total. The van der Waals surface area contributed by atoms with Gasteiger partial charge in [-0.1, -0.05) is 193 Å². The van der Waals surface area contributed by atoms with Crippen molar-refractivity contribution in [2.75, 3.05) is 32.0 Å². The molecule has 0 bridgehead atoms. The fourth-order valence-electron chi connectivity index (χ4n) is 23.5. The Labute approximate surface area is 624 Å². The lowest BCUT2D eigenvalue weighted by Crippen LogP contribution is -2.51. The van der Waals surface area contributed by atoms with E-state index in [1.165, 1.54) is 102 Å². The third-order valence-electron chi connectivity index (χ3n) is 29.2. The number of allylic oxidation sites excluding steroid dienone is 4. The Morgan fingerprint density at radius 3 is 1.82 bits per heavy atom. The lowest BCUT2D eigenvalue weighted by molar-refractivity contribution is -0.158. The molecule has 0 spiro atoms. The molecule has 6 fully saturated rings. The molecule has 12 heteroatoms. The molecule has 6 saturated carbocycles. The topological polar surface area (TPSA) is 148 Å². The second-order valence-electron chi connectivity index (χ2n) is 37.6. The maximum Gasteiger partial charge on any atom is 0.306 e. The van der Waals surface area contributed by atoms with Crippen LogP contribution in [0.15, 0.2) is 59.2 Å². The van der Waals surface area contributed by atoms with Gasteiger partial charge in [0.1, 0.15) is 35.8 Å². The molecule has 0 aliphatic heterocycles. The highest BCUT2D eigenvalue weighted by atomic mass is 16.6. The number of benzene rings is 1. The van der Waals surface area contributed by atoms with Crippen molar-refractivity contribution in [3.05, 3.63) is 65.0 Å². The van der Waals surface area contributed by atoms with Crippen LogP contribution in [0.1, 0.15) is 321 Å². The van der Waals surface area contributed by atoms with Crippen molar-refractivity contribution >= 4 is 45.7 Å². The van der Waals surface area contributed by atoms with Gasteiger partial charge in [-0.3, -0.25) is 14.4 Å². The number of carbonyl (C=O) groups excluding carboxylic acids is 3. The molecule has 8 aliphatic carbocycles. The number of anilines is 1. The van der Waals surface area contributed by atoms with E-state index in [1.807, 2.05) is 45.0 Å². The minimum Gasteiger partial charge on any atom is -0.462 e. The summed E-state index contributed by atoms with van der Waals surface area (Å²) >= 11 is 0. The number of rotatable bonds is 38. The Morgan fingerprint density at radius 1 is 0.602 bits per heavy atom. The van der Waals surface area contributed by atoms with Crippen molar-refractivity contribution < 1.29 is 33.3 Å². The molecule has 574 valence electrons. The summed E-state index contributed by atoms with van der Waals surface area (Å²) in [7, 11) is 0. The van der Waals surface area contributed by atoms with E-state index in [0.717, 1.165) is 210 Å². The highest BCUT2D eigenvalue weighted by Gasteiger charge is 2.60. The van der Waals surface area contributed by atoms with Gasteiger partial charge in [0.15, 0.2) is 5.82 Å². The lowest BCUT2D eigenvalue weighted by atomic mass is 9.47. The Kier molecular flexibility index (Phi) is 27.2. The first-order chi connectivity index (χ1) is 49.3. The van der Waals surface area contributed by atoms with E-state index >= 15 is 0 Å². The molecular weight excluding hydrogens is 1280 g/mol. The molecule has 103 heavy (non-hydrogen) atoms. The Morgan fingerprint density at radius 2 is 1.17 bits per heavy atom. The van der Waals surface area contributed by atoms with Crippen molar-refractivity contribution in [3.63, 3.8) is 0 Å². The molecular formula is C91H143N5O7. The number of pyridine rings is 1. The summed E-state index contributed by atoms with van der Waals surface area (Å²) in [4.78, 5) is 52.8. The van der Waals surface area contributed by atoms with Crippen molar-refractivity contribution in [2.24, 2.45) is 86.8 Å². The minimum atomic E-state index is -0.821. The van der Waals surface area contributed by atoms with Crippen LogP contribution in [0.4, 0.5) is 5.82 Å². The quantitative estimate of drug-likeness (QED) is 0.0253. The highest BCUT2D eigenvalue weighted by Crippen LogP contribution is 2.69. The normalized spacial score (nSPS) is 30.3. The average molecular weight is 1420 g/mol. The first kappa shape index (κ1) is 79.5. The standard InChI is InChI=1S/C91H143N5O7/c1-14-100-60-80-94-84-85(72-34-23-24-35-79(72)93-86(84)92)96(80)61-87(8,9)103-83(99)38-22-19-27-57-95(55-25-17-15-20-36-81(97)101-68-47-51-88(10)66(58-68)39-41-70-75-45-43-73(64(6)32-28-30-62(2)3)90(75,12)53-49-77(70)88)56-26-18-16-21-37-82(98)102-69-48-52-89(11)67(59-69)40-42-71-76-46-44-74(65(7)33-29-31-63(4)5)91(76,13)54-50-78(71)89/h23-24,34-35,39-41,62-65,68-69,71,73-78H,14-22,25-33,36-38,42-61H2,1-13H3,(H2,92,93). The SMILES string of the molecule is CCOCc1nc2c(N)nc3ccccc3c2n1CC(C)(C)OC(=O)CCCCCN(CCCCCCC(=O)OC1CCC2(C)C(=CC=C3C2CCC2(C)C3CCC2C(C)CCCC(C)C)C1)CCCCCCC(=O)OC1CCC2(C)C(=CCC3C2CCC2(C)C(C(C)CCCC(C)C)CCC32)C1. The molecule has 15 atom stereocenters. The summed E-state index contributed by atoms with van der Waals surface area (Å²) in [5.74, 6) is 9.61. The number of ether oxygens (including phenoxy) is 4. The molecule has 0 radical (unpaired) electrons. The number of unbranched alkanes of at least 4 members (excludes halogenated alkanes) is 8. The zero-order valence-electron chi connectivity index (χ0n) is 67.3. The molecule has 1 aromatic carbocycles. The summed E-state index contributed by atoms with van der Waals surface area (Å²) in [5, 5.41) is 0.944. The summed E-state index contributed by atoms with van der Waals surface area (Å²) in [5.41, 5.74) is 14.2. The van der Waals surface area contributed by atoms with Gasteiger partial charge in [0.05, 0.1) is 17.6 Å². The monoisotopic (exact) mass is 1420 g/mol. The molecule has 0 amide bonds. The van der Waals surface area contributed by atoms with E-state index in [4.69, 9.17) is 29.7 Å². The number of carbonyl (C=O) groups is 3. The second kappa shape index (κ2) is 35.2. The number of imidazole rings is 1. The lowest BCUT2D eigenvalue weighted by Gasteiger charge is -2.58. The summed E-state index contributed by atoms with van der Waals surface area (Å²) in [6.45, 7) is 35.3. The molecule has 8 aliphatic rings. The number of nitrogens with zero attached hydrogens (tertiary/aromatic N) is 4. The second-order valence-corrected chi connectivity index (χ2v) is 37.6. The summed E-state index contributed by atoms with van der Waals surface area (Å²) in [6.07, 6.45) is 46.4. The summed E-state index contributed by atoms with van der Waals surface area (Å²) < 4.78 is 26.9. The van der Waals surface area contributed by atoms with E-state index in [0.29, 0.717) is 67.1 Å². The molecule has 0 saturated heterocycles. The largest absolute Gasteiger partial charge is 0.462 e. The average Bonchev–Trinajstić information content (AvgIpc) is 1.71. The van der Waals surface area contributed by atoms with E-state index in [2.05, 4.69) is 102 Å². The van der Waals surface area contributed by atoms with Crippen molar-refractivity contribution in [3.8, 4) is 0 Å². The predicted octanol–water partition coefficient (Wildman–Crippen LogP) is 22.6. The highest BCUT2D eigenvalue weighted by molar-refractivity contribution is 6.06. The first-order valence-electron chi connectivity index (χ1n) is 42.9. The maximum atomic E-state index is 13.6.